The number of nitrogens with one attached hydrogen (secondary N) is 2. The summed E-state index contributed by atoms with van der Waals surface area (Å²) in [7, 11) is 0. The third-order valence-electron chi connectivity index (χ3n) is 4.38. The number of benzene rings is 1. The number of hydrogen-bond donors (Lipinski definition) is 2. The van der Waals surface area contributed by atoms with Crippen molar-refractivity contribution in [3.63, 3.8) is 0 Å². The fourth-order valence-corrected chi connectivity index (χ4v) is 3.11. The standard InChI is InChI=1S/C18H19FN6/c19-12-6-8-14(9-7-12)22-17-15-16(21-11-10-20-15)24-18(25-17)23-13-4-2-1-3-5-13/h6-11,13H,1-5H2,(H2,21,22,23,24,25). The van der Waals surface area contributed by atoms with Gasteiger partial charge in [-0.25, -0.2) is 14.4 Å². The van der Waals surface area contributed by atoms with E-state index >= 15 is 0 Å². The highest BCUT2D eigenvalue weighted by Gasteiger charge is 2.16. The molecule has 1 aliphatic rings. The Hall–Kier alpha value is -2.83. The first kappa shape index (κ1) is 15.7. The highest BCUT2D eigenvalue weighted by Crippen LogP contribution is 2.25. The Morgan fingerprint density at radius 1 is 0.920 bits per heavy atom. The highest BCUT2D eigenvalue weighted by atomic mass is 19.1. The van der Waals surface area contributed by atoms with E-state index in [-0.39, 0.29) is 5.82 Å². The van der Waals surface area contributed by atoms with Crippen molar-refractivity contribution < 1.29 is 4.39 Å². The second-order valence-electron chi connectivity index (χ2n) is 6.24. The SMILES string of the molecule is Fc1ccc(Nc2nc(NC3CCCCC3)nc3nccnc23)cc1. The first-order chi connectivity index (χ1) is 12.3. The molecule has 2 heterocycles. The van der Waals surface area contributed by atoms with Crippen molar-refractivity contribution in [1.82, 2.24) is 19.9 Å². The molecule has 0 spiro atoms. The summed E-state index contributed by atoms with van der Waals surface area (Å²) in [4.78, 5) is 17.7. The fourth-order valence-electron chi connectivity index (χ4n) is 3.11. The first-order valence-corrected chi connectivity index (χ1v) is 8.56. The second-order valence-corrected chi connectivity index (χ2v) is 6.24. The normalized spacial score (nSPS) is 15.2. The van der Waals surface area contributed by atoms with Gasteiger partial charge in [0.2, 0.25) is 5.95 Å². The van der Waals surface area contributed by atoms with E-state index < -0.39 is 0 Å². The van der Waals surface area contributed by atoms with Crippen molar-refractivity contribution >= 4 is 28.6 Å². The Balaban J connectivity index is 1.66. The monoisotopic (exact) mass is 338 g/mol. The maximum atomic E-state index is 13.1. The number of nitrogens with zero attached hydrogens (tertiary/aromatic N) is 4. The molecule has 25 heavy (non-hydrogen) atoms. The number of aromatic nitrogens is 4. The maximum Gasteiger partial charge on any atom is 0.227 e. The number of rotatable bonds is 4. The van der Waals surface area contributed by atoms with Crippen LogP contribution in [0.5, 0.6) is 0 Å². The lowest BCUT2D eigenvalue weighted by Crippen LogP contribution is -2.23. The Kier molecular flexibility index (Phi) is 4.37. The fraction of sp³-hybridized carbons (Fsp3) is 0.333. The summed E-state index contributed by atoms with van der Waals surface area (Å²) < 4.78 is 13.1. The van der Waals surface area contributed by atoms with Crippen LogP contribution in [0.15, 0.2) is 36.7 Å². The van der Waals surface area contributed by atoms with Gasteiger partial charge in [-0.2, -0.15) is 9.97 Å². The minimum absolute atomic E-state index is 0.280. The molecule has 0 saturated heterocycles. The smallest absolute Gasteiger partial charge is 0.227 e. The molecule has 4 rings (SSSR count). The van der Waals surface area contributed by atoms with Gasteiger partial charge in [0.15, 0.2) is 17.0 Å². The molecule has 2 aromatic heterocycles. The molecule has 0 bridgehead atoms. The minimum atomic E-state index is -0.280. The van der Waals surface area contributed by atoms with Gasteiger partial charge in [-0.3, -0.25) is 0 Å². The molecule has 6 nitrogen and oxygen atoms in total. The molecule has 0 unspecified atom stereocenters. The molecule has 7 heteroatoms. The van der Waals surface area contributed by atoms with E-state index in [1.54, 1.807) is 24.5 Å². The van der Waals surface area contributed by atoms with E-state index in [0.717, 1.165) is 18.5 Å². The van der Waals surface area contributed by atoms with Gasteiger partial charge in [0.25, 0.3) is 0 Å². The van der Waals surface area contributed by atoms with Crippen molar-refractivity contribution in [3.05, 3.63) is 42.5 Å². The van der Waals surface area contributed by atoms with Crippen LogP contribution in [0.4, 0.5) is 21.8 Å². The zero-order valence-corrected chi connectivity index (χ0v) is 13.7. The van der Waals surface area contributed by atoms with Crippen LogP contribution in [0.2, 0.25) is 0 Å². The second kappa shape index (κ2) is 6.96. The quantitative estimate of drug-likeness (QED) is 0.747. The van der Waals surface area contributed by atoms with Crippen LogP contribution < -0.4 is 10.6 Å². The number of halogens is 1. The Bertz CT molecular complexity index is 861. The summed E-state index contributed by atoms with van der Waals surface area (Å²) in [5.74, 6) is 0.824. The van der Waals surface area contributed by atoms with Gasteiger partial charge in [-0.05, 0) is 37.1 Å². The van der Waals surface area contributed by atoms with E-state index in [4.69, 9.17) is 0 Å². The third-order valence-corrected chi connectivity index (χ3v) is 4.38. The van der Waals surface area contributed by atoms with E-state index in [9.17, 15) is 4.39 Å². The average molecular weight is 338 g/mol. The first-order valence-electron chi connectivity index (χ1n) is 8.56. The lowest BCUT2D eigenvalue weighted by molar-refractivity contribution is 0.461. The predicted molar refractivity (Wildman–Crippen MR) is 95.3 cm³/mol. The molecule has 128 valence electrons. The van der Waals surface area contributed by atoms with Gasteiger partial charge in [-0.1, -0.05) is 19.3 Å². The number of anilines is 3. The summed E-state index contributed by atoms with van der Waals surface area (Å²) in [6, 6.07) is 6.51. The van der Waals surface area contributed by atoms with Crippen molar-refractivity contribution in [2.45, 2.75) is 38.1 Å². The predicted octanol–water partition coefficient (Wildman–Crippen LogP) is 4.05. The van der Waals surface area contributed by atoms with Gasteiger partial charge < -0.3 is 10.6 Å². The van der Waals surface area contributed by atoms with Crippen molar-refractivity contribution in [1.29, 1.82) is 0 Å². The molecule has 0 amide bonds. The van der Waals surface area contributed by atoms with Crippen molar-refractivity contribution in [2.75, 3.05) is 10.6 Å². The molecular weight excluding hydrogens is 319 g/mol. The topological polar surface area (TPSA) is 75.6 Å². The minimum Gasteiger partial charge on any atom is -0.351 e. The van der Waals surface area contributed by atoms with Crippen LogP contribution >= 0.6 is 0 Å². The Morgan fingerprint density at radius 2 is 1.68 bits per heavy atom. The number of fused-ring (bicyclic) bond motifs is 1. The summed E-state index contributed by atoms with van der Waals surface area (Å²) in [6.07, 6.45) is 9.22. The van der Waals surface area contributed by atoms with Crippen LogP contribution in [-0.4, -0.2) is 26.0 Å². The zero-order chi connectivity index (χ0) is 17.1. The summed E-state index contributed by atoms with van der Waals surface area (Å²) >= 11 is 0. The molecule has 1 fully saturated rings. The third kappa shape index (κ3) is 3.65. The van der Waals surface area contributed by atoms with Gasteiger partial charge in [0.05, 0.1) is 0 Å². The van der Waals surface area contributed by atoms with Gasteiger partial charge in [-0.15, -0.1) is 0 Å². The van der Waals surface area contributed by atoms with Crippen LogP contribution in [0.1, 0.15) is 32.1 Å². The van der Waals surface area contributed by atoms with Crippen LogP contribution in [0, 0.1) is 5.82 Å². The Morgan fingerprint density at radius 3 is 2.48 bits per heavy atom. The van der Waals surface area contributed by atoms with E-state index in [1.165, 1.54) is 31.4 Å². The van der Waals surface area contributed by atoms with Gasteiger partial charge in [0, 0.05) is 24.1 Å². The van der Waals surface area contributed by atoms with Gasteiger partial charge in [0.1, 0.15) is 5.82 Å². The van der Waals surface area contributed by atoms with E-state index in [1.807, 2.05) is 0 Å². The molecule has 2 N–H and O–H groups in total. The van der Waals surface area contributed by atoms with Crippen molar-refractivity contribution in [2.24, 2.45) is 0 Å². The largest absolute Gasteiger partial charge is 0.351 e. The molecule has 1 saturated carbocycles. The average Bonchev–Trinajstić information content (AvgIpc) is 2.64. The van der Waals surface area contributed by atoms with Crippen LogP contribution in [-0.2, 0) is 0 Å². The highest BCUT2D eigenvalue weighted by molar-refractivity contribution is 5.85. The lowest BCUT2D eigenvalue weighted by Gasteiger charge is -2.23. The molecule has 1 aromatic carbocycles. The lowest BCUT2D eigenvalue weighted by atomic mass is 9.96. The molecule has 0 aliphatic heterocycles. The number of hydrogen-bond acceptors (Lipinski definition) is 6. The summed E-state index contributed by atoms with van der Waals surface area (Å²) in [5, 5.41) is 6.61. The van der Waals surface area contributed by atoms with E-state index in [0.29, 0.717) is 29.0 Å². The molecule has 3 aromatic rings. The maximum absolute atomic E-state index is 13.1. The van der Waals surface area contributed by atoms with Crippen molar-refractivity contribution in [3.8, 4) is 0 Å². The summed E-state index contributed by atoms with van der Waals surface area (Å²) in [6.45, 7) is 0. The zero-order valence-electron chi connectivity index (χ0n) is 13.7. The van der Waals surface area contributed by atoms with Crippen LogP contribution in [0.25, 0.3) is 11.2 Å². The molecule has 1 aliphatic carbocycles. The summed E-state index contributed by atoms with van der Waals surface area (Å²) in [5.41, 5.74) is 1.84. The Labute approximate surface area is 144 Å². The van der Waals surface area contributed by atoms with E-state index in [2.05, 4.69) is 30.6 Å². The van der Waals surface area contributed by atoms with Crippen LogP contribution in [0.3, 0.4) is 0 Å². The van der Waals surface area contributed by atoms with Gasteiger partial charge >= 0.3 is 0 Å². The molecule has 0 atom stereocenters. The molecular formula is C18H19FN6. The molecule has 0 radical (unpaired) electrons.